The first-order chi connectivity index (χ1) is 33.7. The van der Waals surface area contributed by atoms with Gasteiger partial charge in [-0.05, 0) is 125 Å². The van der Waals surface area contributed by atoms with Crippen molar-refractivity contribution in [2.45, 2.75) is 103 Å². The minimum Gasteiger partial charge on any atom is -0.376 e. The molecule has 16 nitrogen and oxygen atoms in total. The van der Waals surface area contributed by atoms with Crippen LogP contribution < -0.4 is 11.4 Å². The summed E-state index contributed by atoms with van der Waals surface area (Å²) in [6.45, 7) is 11.1. The minimum atomic E-state index is -4.85. The second-order valence-corrected chi connectivity index (χ2v) is 19.7. The number of rotatable bonds is 10. The first-order valence-electron chi connectivity index (χ1n) is 23.5. The summed E-state index contributed by atoms with van der Waals surface area (Å²) in [5.74, 6) is -1.54. The van der Waals surface area contributed by atoms with Crippen LogP contribution in [0.3, 0.4) is 0 Å². The molecule has 1 saturated heterocycles. The molecular formula is C50H49F5N10O6. The van der Waals surface area contributed by atoms with Crippen LogP contribution in [0.15, 0.2) is 81.2 Å². The molecule has 7 heterocycles. The third-order valence-electron chi connectivity index (χ3n) is 14.7. The van der Waals surface area contributed by atoms with Crippen molar-refractivity contribution in [3.63, 3.8) is 0 Å². The van der Waals surface area contributed by atoms with E-state index in [-0.39, 0.29) is 65.3 Å². The number of hydrogen-bond acceptors (Lipinski definition) is 9. The summed E-state index contributed by atoms with van der Waals surface area (Å²) in [6.07, 6.45) is 1.67. The van der Waals surface area contributed by atoms with E-state index in [9.17, 15) is 22.8 Å². The quantitative estimate of drug-likeness (QED) is 0.132. The Balaban J connectivity index is 1.02. The number of carbonyl (C=O) groups is 1. The third-order valence-corrected chi connectivity index (χ3v) is 14.7. The molecule has 1 saturated carbocycles. The Morgan fingerprint density at radius 3 is 2.38 bits per heavy atom. The summed E-state index contributed by atoms with van der Waals surface area (Å²) in [5, 5.41) is 14.0. The molecule has 8 aromatic rings. The molecule has 0 unspecified atom stereocenters. The average molecular weight is 981 g/mol. The number of aromatic nitrogens is 9. The van der Waals surface area contributed by atoms with Crippen molar-refractivity contribution in [1.82, 2.24) is 48.3 Å². The lowest BCUT2D eigenvalue weighted by Crippen LogP contribution is -2.41. The summed E-state index contributed by atoms with van der Waals surface area (Å²) in [6, 6.07) is 13.4. The summed E-state index contributed by atoms with van der Waals surface area (Å²) in [7, 11) is 0. The van der Waals surface area contributed by atoms with Crippen LogP contribution in [0.25, 0.3) is 39.0 Å². The third kappa shape index (κ3) is 7.62. The Bertz CT molecular complexity index is 3550. The molecule has 1 amide bonds. The highest BCUT2D eigenvalue weighted by Gasteiger charge is 2.59. The van der Waals surface area contributed by atoms with Crippen LogP contribution in [0.4, 0.5) is 22.0 Å². The van der Waals surface area contributed by atoms with Gasteiger partial charge in [-0.2, -0.15) is 10.2 Å². The zero-order valence-corrected chi connectivity index (χ0v) is 39.6. The Morgan fingerprint density at radius 1 is 0.958 bits per heavy atom. The number of aromatic amines is 1. The maximum absolute atomic E-state index is 16.4. The number of aryl methyl sites for hydroxylation is 2. The smallest absolute Gasteiger partial charge is 0.376 e. The normalized spacial score (nSPS) is 21.1. The van der Waals surface area contributed by atoms with E-state index in [4.69, 9.17) is 14.4 Å². The van der Waals surface area contributed by atoms with Crippen LogP contribution in [0, 0.1) is 31.4 Å². The maximum Gasteiger partial charge on any atom is 0.522 e. The Kier molecular flexibility index (Phi) is 10.7. The molecule has 71 heavy (non-hydrogen) atoms. The Labute approximate surface area is 401 Å². The van der Waals surface area contributed by atoms with Crippen LogP contribution in [-0.4, -0.2) is 85.9 Å². The summed E-state index contributed by atoms with van der Waals surface area (Å²) >= 11 is 0. The van der Waals surface area contributed by atoms with Crippen molar-refractivity contribution in [1.29, 1.82) is 0 Å². The average Bonchev–Trinajstić information content (AvgIpc) is 3.96. The van der Waals surface area contributed by atoms with Crippen molar-refractivity contribution < 1.29 is 40.7 Å². The lowest BCUT2D eigenvalue weighted by atomic mass is 9.83. The first-order valence-corrected chi connectivity index (χ1v) is 23.5. The van der Waals surface area contributed by atoms with Gasteiger partial charge in [-0.15, -0.1) is 13.2 Å². The molecule has 3 aliphatic rings. The van der Waals surface area contributed by atoms with E-state index in [1.54, 1.807) is 35.6 Å². The topological polar surface area (TPSA) is 165 Å². The van der Waals surface area contributed by atoms with Crippen molar-refractivity contribution in [2.75, 3.05) is 19.8 Å². The molecule has 5 aromatic heterocycles. The summed E-state index contributed by atoms with van der Waals surface area (Å²) in [4.78, 5) is 47.3. The largest absolute Gasteiger partial charge is 0.522 e. The van der Waals surface area contributed by atoms with Crippen LogP contribution in [-0.2, 0) is 28.0 Å². The van der Waals surface area contributed by atoms with Gasteiger partial charge in [-0.3, -0.25) is 32.9 Å². The number of nitrogens with zero attached hydrogens (tertiary/aromatic N) is 9. The number of halogens is 5. The van der Waals surface area contributed by atoms with Gasteiger partial charge in [-0.25, -0.2) is 23.1 Å². The van der Waals surface area contributed by atoms with Crippen LogP contribution >= 0.6 is 0 Å². The molecule has 4 atom stereocenters. The number of benzene rings is 3. The lowest BCUT2D eigenvalue weighted by molar-refractivity contribution is -0.325. The predicted octanol–water partition coefficient (Wildman–Crippen LogP) is 8.44. The van der Waals surface area contributed by atoms with E-state index in [0.717, 1.165) is 33.9 Å². The number of carbonyl (C=O) groups excluding carboxylic acids is 1. The van der Waals surface area contributed by atoms with Crippen molar-refractivity contribution >= 4 is 27.7 Å². The van der Waals surface area contributed by atoms with Crippen LogP contribution in [0.5, 0.6) is 0 Å². The van der Waals surface area contributed by atoms with E-state index < -0.39 is 47.6 Å². The molecule has 0 bridgehead atoms. The zero-order chi connectivity index (χ0) is 50.1. The fourth-order valence-corrected chi connectivity index (χ4v) is 11.1. The number of alkyl halides is 3. The van der Waals surface area contributed by atoms with Crippen molar-refractivity contribution in [2.24, 2.45) is 5.92 Å². The molecule has 0 radical (unpaired) electrons. The number of fused-ring (bicyclic) bond motifs is 3. The number of ether oxygens (including phenoxy) is 2. The number of nitrogens with one attached hydrogen (secondary N) is 1. The molecule has 21 heteroatoms. The van der Waals surface area contributed by atoms with Gasteiger partial charge >= 0.3 is 17.8 Å². The molecule has 1 N–H and O–H groups in total. The Hall–Kier alpha value is -7.13. The second-order valence-electron chi connectivity index (χ2n) is 19.7. The molecule has 0 spiro atoms. The van der Waals surface area contributed by atoms with Crippen LogP contribution in [0.2, 0.25) is 0 Å². The monoisotopic (exact) mass is 980 g/mol. The molecule has 2 fully saturated rings. The van der Waals surface area contributed by atoms with Gasteiger partial charge in [0.25, 0.3) is 5.91 Å². The lowest BCUT2D eigenvalue weighted by Gasteiger charge is -2.35. The maximum atomic E-state index is 16.4. The minimum absolute atomic E-state index is 0.0323. The standard InChI is InChI=1S/C50H49F5N10O6/c1-26-19-33(20-27(2)41(26)51)65-43(62-15-14-61(47(62)68)38-10-9-37-34(42(38)52)25-56-63(37)16-18-70-50(53,54)55)40-29(4)60(13-11-35(40)58-65)44(66)39-22-32-21-30(31-12-17-69-48(5,6)24-31)7-8-36(32)64(39)49(23-28(49)3)45-57-46(67)71-59-45/h7-10,14-15,19-22,25,28-29,31H,11-13,16-18,23-24H2,1-6H3,(H,57,59,67)/t28-,29-,31-,49-/m0/s1. The first kappa shape index (κ1) is 46.3. The molecule has 1 aliphatic carbocycles. The number of amides is 1. The van der Waals surface area contributed by atoms with E-state index in [2.05, 4.69) is 46.0 Å². The second kappa shape index (κ2) is 16.5. The molecule has 2 aliphatic heterocycles. The summed E-state index contributed by atoms with van der Waals surface area (Å²) < 4.78 is 91.8. The molecular weight excluding hydrogens is 932 g/mol. The number of imidazole rings is 1. The molecule has 11 rings (SSSR count). The van der Waals surface area contributed by atoms with E-state index in [0.29, 0.717) is 52.6 Å². The molecule has 370 valence electrons. The SMILES string of the molecule is Cc1cc(-n2nc3c(c2-n2ccn(-c4ccc5c(cnn5CCOC(F)(F)F)c4F)c2=O)[C@H](C)N(C(=O)c2cc4cc([C@H]5CCOC(C)(C)C5)ccc4n2[C@@]2(c4noc(=O)[nH]4)C[C@@H]2C)CC3)cc(C)c1F. The highest BCUT2D eigenvalue weighted by atomic mass is 19.4. The summed E-state index contributed by atoms with van der Waals surface area (Å²) in [5.41, 5.74) is 2.62. The fraction of sp³-hybridized carbons (Fsp3) is 0.400. The van der Waals surface area contributed by atoms with Crippen molar-refractivity contribution in [3.05, 3.63) is 139 Å². The van der Waals surface area contributed by atoms with Gasteiger partial charge in [0.15, 0.2) is 11.6 Å². The van der Waals surface area contributed by atoms with Gasteiger partial charge in [-0.1, -0.05) is 18.1 Å². The van der Waals surface area contributed by atoms with Gasteiger partial charge in [0.05, 0.1) is 59.0 Å². The van der Waals surface area contributed by atoms with Gasteiger partial charge in [0.2, 0.25) is 0 Å². The molecule has 3 aromatic carbocycles. The fourth-order valence-electron chi connectivity index (χ4n) is 11.1. The highest BCUT2D eigenvalue weighted by Crippen LogP contribution is 2.56. The van der Waals surface area contributed by atoms with Crippen LogP contribution in [0.1, 0.15) is 103 Å². The van der Waals surface area contributed by atoms with E-state index >= 15 is 13.6 Å². The van der Waals surface area contributed by atoms with Gasteiger partial charge < -0.3 is 14.2 Å². The number of hydrogen-bond donors (Lipinski definition) is 1. The van der Waals surface area contributed by atoms with E-state index in [1.807, 2.05) is 30.5 Å². The van der Waals surface area contributed by atoms with Gasteiger partial charge in [0, 0.05) is 48.4 Å². The highest BCUT2D eigenvalue weighted by molar-refractivity contribution is 6.00. The Morgan fingerprint density at radius 2 is 1.69 bits per heavy atom. The van der Waals surface area contributed by atoms with E-state index in [1.165, 1.54) is 40.0 Å². The number of H-pyrrole nitrogens is 1. The predicted molar refractivity (Wildman–Crippen MR) is 248 cm³/mol. The zero-order valence-electron chi connectivity index (χ0n) is 39.6. The van der Waals surface area contributed by atoms with Crippen molar-refractivity contribution in [3.8, 4) is 17.2 Å². The van der Waals surface area contributed by atoms with Gasteiger partial charge in [0.1, 0.15) is 22.9 Å².